The Bertz CT molecular complexity index is 859. The van der Waals surface area contributed by atoms with Gasteiger partial charge in [0.25, 0.3) is 0 Å². The van der Waals surface area contributed by atoms with Gasteiger partial charge < -0.3 is 14.8 Å². The molecule has 8 nitrogen and oxygen atoms in total. The Labute approximate surface area is 145 Å². The predicted molar refractivity (Wildman–Crippen MR) is 91.6 cm³/mol. The fourth-order valence-electron chi connectivity index (χ4n) is 2.76. The second-order valence-corrected chi connectivity index (χ2v) is 6.01. The number of pyridine rings is 1. The summed E-state index contributed by atoms with van der Waals surface area (Å²) in [7, 11) is 0. The van der Waals surface area contributed by atoms with Crippen LogP contribution in [0.4, 0.5) is 5.82 Å². The fourth-order valence-corrected chi connectivity index (χ4v) is 2.76. The Morgan fingerprint density at radius 1 is 1.24 bits per heavy atom. The van der Waals surface area contributed by atoms with Gasteiger partial charge in [-0.15, -0.1) is 14.8 Å². The molecule has 4 rings (SSSR count). The third-order valence-electron chi connectivity index (χ3n) is 4.04. The Morgan fingerprint density at radius 3 is 3.00 bits per heavy atom. The highest BCUT2D eigenvalue weighted by atomic mass is 16.5. The third kappa shape index (κ3) is 3.85. The summed E-state index contributed by atoms with van der Waals surface area (Å²) in [5.74, 6) is 2.09. The van der Waals surface area contributed by atoms with Gasteiger partial charge >= 0.3 is 0 Å². The van der Waals surface area contributed by atoms with Crippen LogP contribution in [0.25, 0.3) is 5.65 Å². The molecule has 0 amide bonds. The van der Waals surface area contributed by atoms with Gasteiger partial charge in [-0.3, -0.25) is 0 Å². The van der Waals surface area contributed by atoms with Crippen LogP contribution in [-0.2, 0) is 11.3 Å². The van der Waals surface area contributed by atoms with Crippen LogP contribution in [0, 0.1) is 6.92 Å². The van der Waals surface area contributed by atoms with Gasteiger partial charge in [0, 0.05) is 31.6 Å². The average molecular weight is 340 g/mol. The topological polar surface area (TPSA) is 86.5 Å². The summed E-state index contributed by atoms with van der Waals surface area (Å²) in [5.41, 5.74) is 1.81. The van der Waals surface area contributed by atoms with E-state index in [1.54, 1.807) is 6.20 Å². The van der Waals surface area contributed by atoms with Crippen LogP contribution < -0.4 is 10.1 Å². The molecule has 1 aliphatic heterocycles. The molecule has 0 saturated carbocycles. The van der Waals surface area contributed by atoms with Crippen molar-refractivity contribution in [3.63, 3.8) is 0 Å². The maximum Gasteiger partial charge on any atom is 0.213 e. The number of fused-ring (bicyclic) bond motifs is 1. The Hall–Kier alpha value is -2.74. The second-order valence-electron chi connectivity index (χ2n) is 6.01. The lowest BCUT2D eigenvalue weighted by Gasteiger charge is -2.22. The molecule has 3 aromatic heterocycles. The first-order chi connectivity index (χ1) is 12.3. The number of hydrogen-bond donors (Lipinski definition) is 1. The Balaban J connectivity index is 1.40. The van der Waals surface area contributed by atoms with E-state index in [2.05, 4.69) is 25.5 Å². The van der Waals surface area contributed by atoms with Crippen LogP contribution in [0.5, 0.6) is 5.88 Å². The third-order valence-corrected chi connectivity index (χ3v) is 4.04. The van der Waals surface area contributed by atoms with Crippen molar-refractivity contribution >= 4 is 11.5 Å². The monoisotopic (exact) mass is 340 g/mol. The molecule has 0 unspecified atom stereocenters. The Kier molecular flexibility index (Phi) is 4.43. The predicted octanol–water partition coefficient (Wildman–Crippen LogP) is 2.00. The van der Waals surface area contributed by atoms with E-state index in [9.17, 15) is 0 Å². The van der Waals surface area contributed by atoms with Crippen molar-refractivity contribution in [2.45, 2.75) is 32.4 Å². The molecule has 3 aromatic rings. The van der Waals surface area contributed by atoms with Gasteiger partial charge in [0.15, 0.2) is 5.65 Å². The van der Waals surface area contributed by atoms with Gasteiger partial charge in [0.05, 0.1) is 13.2 Å². The van der Waals surface area contributed by atoms with Crippen LogP contribution in [0.3, 0.4) is 0 Å². The summed E-state index contributed by atoms with van der Waals surface area (Å²) in [6, 6.07) is 7.70. The van der Waals surface area contributed by atoms with Crippen molar-refractivity contribution in [3.05, 3.63) is 41.9 Å². The summed E-state index contributed by atoms with van der Waals surface area (Å²) < 4.78 is 12.8. The number of aryl methyl sites for hydroxylation is 1. The SMILES string of the molecule is Cc1nc2ccc(NCc3ccnc(OC4CCOCC4)c3)nn2n1. The largest absolute Gasteiger partial charge is 0.474 e. The van der Waals surface area contributed by atoms with Crippen molar-refractivity contribution < 1.29 is 9.47 Å². The highest BCUT2D eigenvalue weighted by Gasteiger charge is 2.15. The van der Waals surface area contributed by atoms with E-state index < -0.39 is 0 Å². The molecule has 0 aromatic carbocycles. The normalized spacial score (nSPS) is 15.4. The molecule has 25 heavy (non-hydrogen) atoms. The minimum absolute atomic E-state index is 0.184. The first-order valence-electron chi connectivity index (χ1n) is 8.40. The molecule has 4 heterocycles. The quantitative estimate of drug-likeness (QED) is 0.760. The lowest BCUT2D eigenvalue weighted by molar-refractivity contribution is 0.0237. The van der Waals surface area contributed by atoms with E-state index in [1.807, 2.05) is 31.2 Å². The molecule has 0 atom stereocenters. The maximum atomic E-state index is 5.95. The maximum absolute atomic E-state index is 5.95. The van der Waals surface area contributed by atoms with E-state index in [0.717, 1.165) is 43.1 Å². The molecular formula is C17H20N6O2. The molecule has 8 heteroatoms. The number of aromatic nitrogens is 5. The van der Waals surface area contributed by atoms with Crippen LogP contribution in [-0.4, -0.2) is 44.1 Å². The molecule has 130 valence electrons. The molecule has 0 bridgehead atoms. The van der Waals surface area contributed by atoms with Crippen molar-refractivity contribution in [2.24, 2.45) is 0 Å². The molecule has 0 aliphatic carbocycles. The van der Waals surface area contributed by atoms with Crippen LogP contribution >= 0.6 is 0 Å². The van der Waals surface area contributed by atoms with Gasteiger partial charge in [0.1, 0.15) is 17.7 Å². The van der Waals surface area contributed by atoms with Crippen molar-refractivity contribution in [3.8, 4) is 5.88 Å². The molecule has 0 spiro atoms. The van der Waals surface area contributed by atoms with Gasteiger partial charge in [-0.2, -0.15) is 0 Å². The standard InChI is InChI=1S/C17H20N6O2/c1-12-20-16-3-2-15(22-23(16)21-12)19-11-13-4-7-18-17(10-13)25-14-5-8-24-9-6-14/h2-4,7,10,14H,5-6,8-9,11H2,1H3,(H,19,22). The minimum atomic E-state index is 0.184. The van der Waals surface area contributed by atoms with E-state index >= 15 is 0 Å². The molecular weight excluding hydrogens is 320 g/mol. The van der Waals surface area contributed by atoms with Gasteiger partial charge in [-0.25, -0.2) is 9.97 Å². The van der Waals surface area contributed by atoms with Gasteiger partial charge in [-0.1, -0.05) is 0 Å². The number of hydrogen-bond acceptors (Lipinski definition) is 7. The zero-order valence-corrected chi connectivity index (χ0v) is 14.1. The molecule has 0 radical (unpaired) electrons. The highest BCUT2D eigenvalue weighted by molar-refractivity contribution is 5.43. The second kappa shape index (κ2) is 7.02. The molecule has 1 saturated heterocycles. The number of anilines is 1. The van der Waals surface area contributed by atoms with E-state index in [-0.39, 0.29) is 6.10 Å². The lowest BCUT2D eigenvalue weighted by atomic mass is 10.1. The van der Waals surface area contributed by atoms with Crippen LogP contribution in [0.15, 0.2) is 30.5 Å². The van der Waals surface area contributed by atoms with Crippen LogP contribution in [0.2, 0.25) is 0 Å². The minimum Gasteiger partial charge on any atom is -0.474 e. The molecule has 1 fully saturated rings. The highest BCUT2D eigenvalue weighted by Crippen LogP contribution is 2.17. The number of ether oxygens (including phenoxy) is 2. The van der Waals surface area contributed by atoms with Crippen molar-refractivity contribution in [1.29, 1.82) is 0 Å². The number of nitrogens with one attached hydrogen (secondary N) is 1. The Morgan fingerprint density at radius 2 is 2.12 bits per heavy atom. The average Bonchev–Trinajstić information content (AvgIpc) is 3.00. The molecule has 1 N–H and O–H groups in total. The van der Waals surface area contributed by atoms with Crippen molar-refractivity contribution in [1.82, 2.24) is 24.8 Å². The van der Waals surface area contributed by atoms with Crippen LogP contribution in [0.1, 0.15) is 24.2 Å². The smallest absolute Gasteiger partial charge is 0.213 e. The van der Waals surface area contributed by atoms with Gasteiger partial charge in [-0.05, 0) is 30.7 Å². The number of nitrogens with zero attached hydrogens (tertiary/aromatic N) is 5. The molecule has 1 aliphatic rings. The van der Waals surface area contributed by atoms with E-state index in [1.165, 1.54) is 4.63 Å². The summed E-state index contributed by atoms with van der Waals surface area (Å²) >= 11 is 0. The first-order valence-corrected chi connectivity index (χ1v) is 8.40. The zero-order chi connectivity index (χ0) is 17.1. The van der Waals surface area contributed by atoms with Crippen molar-refractivity contribution in [2.75, 3.05) is 18.5 Å². The van der Waals surface area contributed by atoms with E-state index in [4.69, 9.17) is 9.47 Å². The summed E-state index contributed by atoms with van der Waals surface area (Å²) in [6.45, 7) is 3.97. The van der Waals surface area contributed by atoms with Gasteiger partial charge in [0.2, 0.25) is 5.88 Å². The van der Waals surface area contributed by atoms with E-state index in [0.29, 0.717) is 18.2 Å². The zero-order valence-electron chi connectivity index (χ0n) is 14.1. The fraction of sp³-hybridized carbons (Fsp3) is 0.412. The first kappa shape index (κ1) is 15.8. The lowest BCUT2D eigenvalue weighted by Crippen LogP contribution is -2.26. The summed E-state index contributed by atoms with van der Waals surface area (Å²) in [5, 5.41) is 11.9. The summed E-state index contributed by atoms with van der Waals surface area (Å²) in [4.78, 5) is 8.57. The summed E-state index contributed by atoms with van der Waals surface area (Å²) in [6.07, 6.45) is 3.77. The number of rotatable bonds is 5.